The number of rotatable bonds is 5. The molecule has 1 aliphatic heterocycles. The van der Waals surface area contributed by atoms with E-state index in [0.29, 0.717) is 31.1 Å². The van der Waals surface area contributed by atoms with Crippen LogP contribution >= 0.6 is 11.8 Å². The molecule has 1 aromatic carbocycles. The Hall–Kier alpha value is -2.42. The van der Waals surface area contributed by atoms with Crippen molar-refractivity contribution in [3.8, 4) is 0 Å². The minimum atomic E-state index is -0.497. The number of carbonyl (C=O) groups is 2. The van der Waals surface area contributed by atoms with Crippen molar-refractivity contribution >= 4 is 23.6 Å². The number of aromatic amines is 1. The lowest BCUT2D eigenvalue weighted by Crippen LogP contribution is -2.41. The zero-order chi connectivity index (χ0) is 19.4. The predicted molar refractivity (Wildman–Crippen MR) is 99.1 cm³/mol. The minimum absolute atomic E-state index is 0.276. The van der Waals surface area contributed by atoms with Crippen molar-refractivity contribution in [3.05, 3.63) is 46.1 Å². The molecule has 1 aromatic heterocycles. The maximum Gasteiger partial charge on any atom is 0.343 e. The zero-order valence-corrected chi connectivity index (χ0v) is 15.8. The summed E-state index contributed by atoms with van der Waals surface area (Å²) in [6.45, 7) is 2.79. The highest BCUT2D eigenvalue weighted by atomic mass is 32.2. The van der Waals surface area contributed by atoms with Gasteiger partial charge in [0.2, 0.25) is 5.91 Å². The van der Waals surface area contributed by atoms with Crippen LogP contribution in [-0.2, 0) is 11.3 Å². The molecule has 1 N–H and O–H groups in total. The number of likely N-dealkylation sites (tertiary alicyclic amines) is 1. The lowest BCUT2D eigenvalue weighted by atomic mass is 10.2. The van der Waals surface area contributed by atoms with Gasteiger partial charge in [-0.25, -0.2) is 14.3 Å². The molecule has 0 saturated carbocycles. The third kappa shape index (κ3) is 4.29. The van der Waals surface area contributed by atoms with E-state index in [9.17, 15) is 18.8 Å². The van der Waals surface area contributed by atoms with Crippen molar-refractivity contribution in [2.24, 2.45) is 0 Å². The smallest absolute Gasteiger partial charge is 0.278 e. The van der Waals surface area contributed by atoms with Crippen LogP contribution in [0.2, 0.25) is 0 Å². The minimum Gasteiger partial charge on any atom is -0.278 e. The van der Waals surface area contributed by atoms with Crippen LogP contribution in [0.3, 0.4) is 0 Å². The Balaban J connectivity index is 1.81. The largest absolute Gasteiger partial charge is 0.343 e. The summed E-state index contributed by atoms with van der Waals surface area (Å²) >= 11 is 1.21. The van der Waals surface area contributed by atoms with E-state index in [1.807, 2.05) is 6.92 Å². The van der Waals surface area contributed by atoms with Crippen molar-refractivity contribution < 1.29 is 14.0 Å². The van der Waals surface area contributed by atoms with Gasteiger partial charge >= 0.3 is 5.69 Å². The molecule has 1 fully saturated rings. The van der Waals surface area contributed by atoms with Crippen LogP contribution in [0.4, 0.5) is 4.39 Å². The van der Waals surface area contributed by atoms with E-state index in [1.165, 1.54) is 45.5 Å². The second-order valence-electron chi connectivity index (χ2n) is 6.37. The summed E-state index contributed by atoms with van der Waals surface area (Å²) in [5.41, 5.74) is -0.0299. The van der Waals surface area contributed by atoms with Crippen LogP contribution in [0.25, 0.3) is 0 Å². The summed E-state index contributed by atoms with van der Waals surface area (Å²) in [6, 6.07) is 5.17. The first-order valence-electron chi connectivity index (χ1n) is 8.94. The second-order valence-corrected chi connectivity index (χ2v) is 7.54. The number of nitrogens with one attached hydrogen (secondary N) is 1. The Bertz CT molecular complexity index is 877. The summed E-state index contributed by atoms with van der Waals surface area (Å²) in [7, 11) is 0. The molecule has 0 aliphatic carbocycles. The summed E-state index contributed by atoms with van der Waals surface area (Å²) < 4.78 is 14.6. The van der Waals surface area contributed by atoms with Crippen LogP contribution in [0.1, 0.15) is 43.0 Å². The van der Waals surface area contributed by atoms with Gasteiger partial charge in [-0.2, -0.15) is 0 Å². The SMILES string of the molecule is CCCn1c(S[C@H]2CCCCN(C(=O)c3ccc(F)cc3)C2=O)n[nH]c1=O. The predicted octanol–water partition coefficient (Wildman–Crippen LogP) is 2.43. The molecule has 0 bridgehead atoms. The Morgan fingerprint density at radius 2 is 2.04 bits per heavy atom. The third-order valence-electron chi connectivity index (χ3n) is 4.39. The summed E-state index contributed by atoms with van der Waals surface area (Å²) in [5, 5.41) is 6.40. The van der Waals surface area contributed by atoms with Gasteiger partial charge in [0.05, 0.1) is 5.25 Å². The Morgan fingerprint density at radius 3 is 2.74 bits per heavy atom. The summed E-state index contributed by atoms with van der Waals surface area (Å²) in [6.07, 6.45) is 2.86. The molecule has 2 amide bonds. The molecular formula is C18H21FN4O3S. The monoisotopic (exact) mass is 392 g/mol. The molecule has 0 spiro atoms. The zero-order valence-electron chi connectivity index (χ0n) is 15.0. The fraction of sp³-hybridized carbons (Fsp3) is 0.444. The number of imide groups is 1. The molecule has 1 aliphatic rings. The average Bonchev–Trinajstić information content (AvgIpc) is 2.89. The summed E-state index contributed by atoms with van der Waals surface area (Å²) in [4.78, 5) is 38.8. The van der Waals surface area contributed by atoms with Crippen molar-refractivity contribution in [2.45, 2.75) is 49.6 Å². The molecule has 144 valence electrons. The highest BCUT2D eigenvalue weighted by molar-refractivity contribution is 8.00. The molecule has 0 unspecified atom stereocenters. The lowest BCUT2D eigenvalue weighted by Gasteiger charge is -2.22. The van der Waals surface area contributed by atoms with Gasteiger partial charge in [-0.1, -0.05) is 25.1 Å². The fourth-order valence-electron chi connectivity index (χ4n) is 3.01. The first-order chi connectivity index (χ1) is 13.0. The molecule has 7 nitrogen and oxygen atoms in total. The van der Waals surface area contributed by atoms with Gasteiger partial charge in [-0.05, 0) is 43.5 Å². The number of hydrogen-bond donors (Lipinski definition) is 1. The quantitative estimate of drug-likeness (QED) is 0.790. The highest BCUT2D eigenvalue weighted by Gasteiger charge is 2.33. The van der Waals surface area contributed by atoms with Gasteiger partial charge in [-0.15, -0.1) is 5.10 Å². The Labute approximate surface area is 159 Å². The maximum atomic E-state index is 13.1. The molecule has 2 heterocycles. The molecule has 3 rings (SSSR count). The molecule has 1 atom stereocenters. The van der Waals surface area contributed by atoms with Gasteiger partial charge < -0.3 is 0 Å². The van der Waals surface area contributed by atoms with E-state index in [1.54, 1.807) is 0 Å². The maximum absolute atomic E-state index is 13.1. The molecule has 27 heavy (non-hydrogen) atoms. The van der Waals surface area contributed by atoms with Gasteiger partial charge in [0, 0.05) is 18.7 Å². The number of nitrogens with zero attached hydrogens (tertiary/aromatic N) is 3. The number of halogens is 1. The molecule has 1 saturated heterocycles. The fourth-order valence-corrected chi connectivity index (χ4v) is 4.17. The van der Waals surface area contributed by atoms with Crippen LogP contribution in [0.15, 0.2) is 34.2 Å². The molecule has 9 heteroatoms. The normalized spacial score (nSPS) is 17.8. The number of amides is 2. The number of benzene rings is 1. The van der Waals surface area contributed by atoms with Crippen molar-refractivity contribution in [1.29, 1.82) is 0 Å². The topological polar surface area (TPSA) is 88.1 Å². The first kappa shape index (κ1) is 19.3. The number of thioether (sulfide) groups is 1. The standard InChI is InChI=1S/C18H21FN4O3S/c1-2-10-23-17(26)20-21-18(23)27-14-5-3-4-11-22(16(14)25)15(24)12-6-8-13(19)9-7-12/h6-9,14H,2-5,10-11H2,1H3,(H,20,26)/t14-/m0/s1. The Morgan fingerprint density at radius 1 is 1.30 bits per heavy atom. The number of aromatic nitrogens is 3. The molecule has 2 aromatic rings. The molecule has 0 radical (unpaired) electrons. The van der Waals surface area contributed by atoms with E-state index in [2.05, 4.69) is 10.2 Å². The number of carbonyl (C=O) groups excluding carboxylic acids is 2. The van der Waals surface area contributed by atoms with Crippen LogP contribution in [-0.4, -0.2) is 43.3 Å². The van der Waals surface area contributed by atoms with Crippen LogP contribution < -0.4 is 5.69 Å². The van der Waals surface area contributed by atoms with E-state index < -0.39 is 17.0 Å². The number of H-pyrrole nitrogens is 1. The second kappa shape index (κ2) is 8.51. The van der Waals surface area contributed by atoms with Crippen molar-refractivity contribution in [2.75, 3.05) is 6.54 Å². The molecular weight excluding hydrogens is 371 g/mol. The van der Waals surface area contributed by atoms with Gasteiger partial charge in [0.1, 0.15) is 5.82 Å². The highest BCUT2D eigenvalue weighted by Crippen LogP contribution is 2.29. The summed E-state index contributed by atoms with van der Waals surface area (Å²) in [5.74, 6) is -1.17. The van der Waals surface area contributed by atoms with E-state index >= 15 is 0 Å². The van der Waals surface area contributed by atoms with Crippen LogP contribution in [0.5, 0.6) is 0 Å². The lowest BCUT2D eigenvalue weighted by molar-refractivity contribution is -0.127. The van der Waals surface area contributed by atoms with Crippen molar-refractivity contribution in [3.63, 3.8) is 0 Å². The van der Waals surface area contributed by atoms with Gasteiger partial charge in [0.15, 0.2) is 5.16 Å². The van der Waals surface area contributed by atoms with E-state index in [-0.39, 0.29) is 17.2 Å². The van der Waals surface area contributed by atoms with Crippen molar-refractivity contribution in [1.82, 2.24) is 19.7 Å². The Kier molecular flexibility index (Phi) is 6.10. The first-order valence-corrected chi connectivity index (χ1v) is 9.82. The van der Waals surface area contributed by atoms with Gasteiger partial charge in [0.25, 0.3) is 5.91 Å². The third-order valence-corrected chi connectivity index (χ3v) is 5.64. The average molecular weight is 392 g/mol. The van der Waals surface area contributed by atoms with E-state index in [0.717, 1.165) is 12.8 Å². The van der Waals surface area contributed by atoms with Crippen LogP contribution in [0, 0.1) is 5.82 Å². The van der Waals surface area contributed by atoms with E-state index in [4.69, 9.17) is 0 Å². The number of hydrogen-bond acceptors (Lipinski definition) is 5. The van der Waals surface area contributed by atoms with Gasteiger partial charge in [-0.3, -0.25) is 19.1 Å².